The lowest BCUT2D eigenvalue weighted by Gasteiger charge is -2.18. The van der Waals surface area contributed by atoms with Crippen molar-refractivity contribution < 1.29 is 18.7 Å². The van der Waals surface area contributed by atoms with Crippen LogP contribution in [0.2, 0.25) is 0 Å². The first kappa shape index (κ1) is 22.2. The first-order valence-electron chi connectivity index (χ1n) is 10.2. The topological polar surface area (TPSA) is 73.2 Å². The monoisotopic (exact) mass is 423 g/mol. The lowest BCUT2D eigenvalue weighted by Crippen LogP contribution is -2.35. The van der Waals surface area contributed by atoms with Gasteiger partial charge in [0.2, 0.25) is 5.91 Å². The minimum atomic E-state index is -0.960. The molecule has 2 aromatic carbocycles. The molecule has 7 heteroatoms. The van der Waals surface area contributed by atoms with Crippen molar-refractivity contribution in [3.8, 4) is 5.69 Å². The molecule has 1 heterocycles. The molecule has 0 unspecified atom stereocenters. The number of benzene rings is 2. The first-order valence-corrected chi connectivity index (χ1v) is 10.2. The summed E-state index contributed by atoms with van der Waals surface area (Å²) in [5, 5.41) is 7.38. The number of carbonyl (C=O) groups excluding carboxylic acids is 2. The molecule has 3 aromatic rings. The van der Waals surface area contributed by atoms with Crippen molar-refractivity contribution in [2.24, 2.45) is 0 Å². The van der Waals surface area contributed by atoms with E-state index >= 15 is 0 Å². The van der Waals surface area contributed by atoms with Crippen LogP contribution in [-0.4, -0.2) is 28.3 Å². The van der Waals surface area contributed by atoms with E-state index in [-0.39, 0.29) is 24.8 Å². The van der Waals surface area contributed by atoms with E-state index in [4.69, 9.17) is 4.74 Å². The van der Waals surface area contributed by atoms with Gasteiger partial charge in [0, 0.05) is 17.7 Å². The number of nitrogens with zero attached hydrogens (tertiary/aromatic N) is 2. The number of rotatable bonds is 8. The van der Waals surface area contributed by atoms with Gasteiger partial charge in [0.05, 0.1) is 18.0 Å². The van der Waals surface area contributed by atoms with Crippen LogP contribution in [0, 0.1) is 19.7 Å². The molecule has 0 saturated heterocycles. The summed E-state index contributed by atoms with van der Waals surface area (Å²) in [5.41, 5.74) is 3.71. The third-order valence-corrected chi connectivity index (χ3v) is 5.02. The average Bonchev–Trinajstić information content (AvgIpc) is 3.06. The number of hydrogen-bond acceptors (Lipinski definition) is 4. The van der Waals surface area contributed by atoms with E-state index in [1.807, 2.05) is 37.3 Å². The maximum atomic E-state index is 13.1. The minimum absolute atomic E-state index is 0.159. The molecule has 0 aliphatic heterocycles. The van der Waals surface area contributed by atoms with Crippen molar-refractivity contribution in [2.45, 2.75) is 39.7 Å². The van der Waals surface area contributed by atoms with Gasteiger partial charge in [0.25, 0.3) is 0 Å². The van der Waals surface area contributed by atoms with Crippen molar-refractivity contribution in [2.75, 3.05) is 6.61 Å². The van der Waals surface area contributed by atoms with Crippen molar-refractivity contribution in [3.05, 3.63) is 82.9 Å². The van der Waals surface area contributed by atoms with Gasteiger partial charge in [-0.15, -0.1) is 0 Å². The van der Waals surface area contributed by atoms with Crippen molar-refractivity contribution in [3.63, 3.8) is 0 Å². The Labute approximate surface area is 181 Å². The first-order chi connectivity index (χ1) is 14.9. The predicted molar refractivity (Wildman–Crippen MR) is 115 cm³/mol. The van der Waals surface area contributed by atoms with Gasteiger partial charge in [-0.2, -0.15) is 5.10 Å². The Hall–Kier alpha value is -3.48. The Balaban J connectivity index is 1.82. The number of hydrogen-bond donors (Lipinski definition) is 1. The molecule has 1 N–H and O–H groups in total. The lowest BCUT2D eigenvalue weighted by atomic mass is 10.0. The van der Waals surface area contributed by atoms with E-state index < -0.39 is 12.0 Å². The molecular formula is C24H26FN3O3. The molecule has 1 aromatic heterocycles. The molecule has 0 radical (unpaired) electrons. The van der Waals surface area contributed by atoms with Crippen LogP contribution in [0.3, 0.4) is 0 Å². The van der Waals surface area contributed by atoms with Gasteiger partial charge in [-0.25, -0.2) is 13.9 Å². The van der Waals surface area contributed by atoms with E-state index in [0.29, 0.717) is 17.7 Å². The Kier molecular flexibility index (Phi) is 7.18. The van der Waals surface area contributed by atoms with Crippen LogP contribution < -0.4 is 5.32 Å². The molecule has 0 spiro atoms. The smallest absolute Gasteiger partial charge is 0.333 e. The van der Waals surface area contributed by atoms with Crippen LogP contribution in [0.15, 0.2) is 54.6 Å². The fraction of sp³-hybridized carbons (Fsp3) is 0.292. The summed E-state index contributed by atoms with van der Waals surface area (Å²) in [6.07, 6.45) is 0.593. The SMILES string of the molecule is CCOC(=O)[C@H](NC(=O)CCc1ccc(F)cc1)c1c(C)nn(-c2ccccc2)c1C. The number of aryl methyl sites for hydroxylation is 2. The van der Waals surface area contributed by atoms with E-state index in [1.165, 1.54) is 12.1 Å². The van der Waals surface area contributed by atoms with Crippen LogP contribution in [0.25, 0.3) is 5.69 Å². The largest absolute Gasteiger partial charge is 0.464 e. The molecular weight excluding hydrogens is 397 g/mol. The highest BCUT2D eigenvalue weighted by atomic mass is 19.1. The number of amides is 1. The Bertz CT molecular complexity index is 1050. The van der Waals surface area contributed by atoms with Gasteiger partial charge < -0.3 is 10.1 Å². The van der Waals surface area contributed by atoms with Crippen LogP contribution in [0.4, 0.5) is 4.39 Å². The van der Waals surface area contributed by atoms with E-state index in [9.17, 15) is 14.0 Å². The highest BCUT2D eigenvalue weighted by Gasteiger charge is 2.30. The summed E-state index contributed by atoms with van der Waals surface area (Å²) in [5.74, 6) is -1.15. The normalized spacial score (nSPS) is 11.7. The van der Waals surface area contributed by atoms with Gasteiger partial charge >= 0.3 is 5.97 Å². The van der Waals surface area contributed by atoms with Crippen molar-refractivity contribution >= 4 is 11.9 Å². The summed E-state index contributed by atoms with van der Waals surface area (Å²) < 4.78 is 20.0. The van der Waals surface area contributed by atoms with E-state index in [1.54, 1.807) is 30.7 Å². The molecule has 0 aliphatic carbocycles. The van der Waals surface area contributed by atoms with Crippen molar-refractivity contribution in [1.29, 1.82) is 0 Å². The second-order valence-corrected chi connectivity index (χ2v) is 7.21. The van der Waals surface area contributed by atoms with Gasteiger partial charge in [-0.05, 0) is 57.0 Å². The number of halogens is 1. The zero-order valence-electron chi connectivity index (χ0n) is 17.9. The Morgan fingerprint density at radius 1 is 1.10 bits per heavy atom. The Morgan fingerprint density at radius 3 is 2.42 bits per heavy atom. The van der Waals surface area contributed by atoms with Crippen LogP contribution >= 0.6 is 0 Å². The third-order valence-electron chi connectivity index (χ3n) is 5.02. The fourth-order valence-corrected chi connectivity index (χ4v) is 3.51. The fourth-order valence-electron chi connectivity index (χ4n) is 3.51. The lowest BCUT2D eigenvalue weighted by molar-refractivity contribution is -0.147. The molecule has 0 saturated carbocycles. The number of para-hydroxylation sites is 1. The molecule has 162 valence electrons. The van der Waals surface area contributed by atoms with Gasteiger partial charge in [0.1, 0.15) is 5.82 Å². The maximum absolute atomic E-state index is 13.1. The third kappa shape index (κ3) is 5.36. The van der Waals surface area contributed by atoms with Crippen LogP contribution in [0.1, 0.15) is 41.9 Å². The van der Waals surface area contributed by atoms with Crippen molar-refractivity contribution in [1.82, 2.24) is 15.1 Å². The maximum Gasteiger partial charge on any atom is 0.333 e. The minimum Gasteiger partial charge on any atom is -0.464 e. The quantitative estimate of drug-likeness (QED) is 0.556. The number of ether oxygens (including phenoxy) is 1. The van der Waals surface area contributed by atoms with Crippen LogP contribution in [0.5, 0.6) is 0 Å². The van der Waals surface area contributed by atoms with Gasteiger partial charge in [0.15, 0.2) is 6.04 Å². The Morgan fingerprint density at radius 2 is 1.77 bits per heavy atom. The highest BCUT2D eigenvalue weighted by molar-refractivity contribution is 5.86. The summed E-state index contributed by atoms with van der Waals surface area (Å²) in [7, 11) is 0. The number of aromatic nitrogens is 2. The van der Waals surface area contributed by atoms with Crippen LogP contribution in [-0.2, 0) is 20.7 Å². The van der Waals surface area contributed by atoms with E-state index in [2.05, 4.69) is 10.4 Å². The summed E-state index contributed by atoms with van der Waals surface area (Å²) in [6, 6.07) is 14.6. The molecule has 0 aliphatic rings. The molecule has 1 amide bonds. The second kappa shape index (κ2) is 10.0. The van der Waals surface area contributed by atoms with Gasteiger partial charge in [-0.3, -0.25) is 4.79 Å². The van der Waals surface area contributed by atoms with E-state index in [0.717, 1.165) is 16.9 Å². The second-order valence-electron chi connectivity index (χ2n) is 7.21. The van der Waals surface area contributed by atoms with Gasteiger partial charge in [-0.1, -0.05) is 30.3 Å². The summed E-state index contributed by atoms with van der Waals surface area (Å²) in [4.78, 5) is 25.4. The average molecular weight is 423 g/mol. The summed E-state index contributed by atoms with van der Waals surface area (Å²) >= 11 is 0. The standard InChI is InChI=1S/C24H26FN3O3/c1-4-31-24(30)23(26-21(29)15-12-18-10-13-19(25)14-11-18)22-16(2)27-28(17(22)3)20-8-6-5-7-9-20/h5-11,13-14,23H,4,12,15H2,1-3H3,(H,26,29)/t23-/m1/s1. The number of carbonyl (C=O) groups is 2. The molecule has 31 heavy (non-hydrogen) atoms. The molecule has 0 bridgehead atoms. The number of nitrogens with one attached hydrogen (secondary N) is 1. The number of esters is 1. The summed E-state index contributed by atoms with van der Waals surface area (Å²) in [6.45, 7) is 5.59. The zero-order chi connectivity index (χ0) is 22.4. The molecule has 3 rings (SSSR count). The highest BCUT2D eigenvalue weighted by Crippen LogP contribution is 2.25. The molecule has 1 atom stereocenters. The molecule has 6 nitrogen and oxygen atoms in total. The zero-order valence-corrected chi connectivity index (χ0v) is 17.9. The molecule has 0 fully saturated rings. The predicted octanol–water partition coefficient (Wildman–Crippen LogP) is 3.98.